The highest BCUT2D eigenvalue weighted by Gasteiger charge is 2.02. The number of esters is 1. The highest BCUT2D eigenvalue weighted by atomic mass is 16.5. The molecule has 0 heterocycles. The van der Waals surface area contributed by atoms with E-state index in [1.54, 1.807) is 0 Å². The number of ether oxygens (including phenoxy) is 1. The van der Waals surface area contributed by atoms with Crippen molar-refractivity contribution in [3.63, 3.8) is 0 Å². The molecule has 0 aromatic carbocycles. The van der Waals surface area contributed by atoms with Gasteiger partial charge in [-0.05, 0) is 19.3 Å². The summed E-state index contributed by atoms with van der Waals surface area (Å²) in [6, 6.07) is 0.248. The minimum absolute atomic E-state index is 0.248. The summed E-state index contributed by atoms with van der Waals surface area (Å²) in [5.74, 6) is -0.355. The van der Waals surface area contributed by atoms with Gasteiger partial charge in [0.2, 0.25) is 0 Å². The normalized spacial score (nSPS) is 12.1. The molecule has 14 heavy (non-hydrogen) atoms. The first-order chi connectivity index (χ1) is 6.70. The zero-order chi connectivity index (χ0) is 10.8. The van der Waals surface area contributed by atoms with Gasteiger partial charge in [-0.2, -0.15) is 0 Å². The Hall–Kier alpha value is -0.830. The molecule has 1 atom stereocenters. The lowest BCUT2D eigenvalue weighted by Gasteiger charge is -2.10. The molecule has 0 fully saturated rings. The molecule has 0 aliphatic carbocycles. The summed E-state index contributed by atoms with van der Waals surface area (Å²) in [5.41, 5.74) is 5.85. The fourth-order valence-electron chi connectivity index (χ4n) is 1.19. The van der Waals surface area contributed by atoms with Crippen molar-refractivity contribution in [2.75, 3.05) is 6.61 Å². The summed E-state index contributed by atoms with van der Waals surface area (Å²) >= 11 is 0. The van der Waals surface area contributed by atoms with Gasteiger partial charge in [-0.15, -0.1) is 0 Å². The van der Waals surface area contributed by atoms with E-state index >= 15 is 0 Å². The van der Waals surface area contributed by atoms with Gasteiger partial charge in [0.1, 0.15) is 0 Å². The van der Waals surface area contributed by atoms with Crippen LogP contribution in [0.3, 0.4) is 0 Å². The molecule has 0 aromatic heterocycles. The Morgan fingerprint density at radius 3 is 2.71 bits per heavy atom. The predicted octanol–water partition coefficient (Wildman–Crippen LogP) is 2.01. The summed E-state index contributed by atoms with van der Waals surface area (Å²) < 4.78 is 4.83. The molecule has 2 N–H and O–H groups in total. The van der Waals surface area contributed by atoms with Crippen molar-refractivity contribution in [3.8, 4) is 0 Å². The third-order valence-corrected chi connectivity index (χ3v) is 2.06. The molecule has 3 nitrogen and oxygen atoms in total. The van der Waals surface area contributed by atoms with Crippen molar-refractivity contribution in [3.05, 3.63) is 12.7 Å². The molecule has 0 saturated carbocycles. The fraction of sp³-hybridized carbons (Fsp3) is 0.727. The van der Waals surface area contributed by atoms with E-state index in [1.807, 2.05) is 0 Å². The van der Waals surface area contributed by atoms with Crippen LogP contribution >= 0.6 is 0 Å². The van der Waals surface area contributed by atoms with Crippen LogP contribution in [0.25, 0.3) is 0 Å². The second-order valence-corrected chi connectivity index (χ2v) is 3.42. The average molecular weight is 199 g/mol. The van der Waals surface area contributed by atoms with E-state index in [1.165, 1.54) is 18.9 Å². The Morgan fingerprint density at radius 2 is 2.14 bits per heavy atom. The van der Waals surface area contributed by atoms with Gasteiger partial charge >= 0.3 is 5.97 Å². The molecule has 0 amide bonds. The Bertz CT molecular complexity index is 169. The van der Waals surface area contributed by atoms with E-state index in [4.69, 9.17) is 10.5 Å². The van der Waals surface area contributed by atoms with Crippen LogP contribution in [0.4, 0.5) is 0 Å². The molecule has 0 radical (unpaired) electrons. The Morgan fingerprint density at radius 1 is 1.50 bits per heavy atom. The fourth-order valence-corrected chi connectivity index (χ4v) is 1.19. The summed E-state index contributed by atoms with van der Waals surface area (Å²) in [4.78, 5) is 10.7. The number of nitrogens with two attached hydrogens (primary N) is 1. The van der Waals surface area contributed by atoms with Gasteiger partial charge in [-0.1, -0.05) is 26.3 Å². The van der Waals surface area contributed by atoms with Crippen LogP contribution in [0.15, 0.2) is 12.7 Å². The van der Waals surface area contributed by atoms with Crippen LogP contribution in [0.1, 0.15) is 39.0 Å². The minimum atomic E-state index is -0.355. The van der Waals surface area contributed by atoms with Crippen molar-refractivity contribution in [2.45, 2.75) is 45.1 Å². The van der Waals surface area contributed by atoms with Gasteiger partial charge in [0.25, 0.3) is 0 Å². The summed E-state index contributed by atoms with van der Waals surface area (Å²) in [6.07, 6.45) is 6.35. The first-order valence-electron chi connectivity index (χ1n) is 5.25. The maximum atomic E-state index is 10.7. The standard InChI is InChI=1S/C11H21NO2/c1-3-5-7-10(12)8-6-9-14-11(13)4-2/h4,10H,2-3,5-9,12H2,1H3. The summed E-state index contributed by atoms with van der Waals surface area (Å²) in [7, 11) is 0. The lowest BCUT2D eigenvalue weighted by Crippen LogP contribution is -2.20. The summed E-state index contributed by atoms with van der Waals surface area (Å²) in [6.45, 7) is 5.92. The van der Waals surface area contributed by atoms with Gasteiger partial charge in [-0.25, -0.2) is 4.79 Å². The van der Waals surface area contributed by atoms with E-state index in [0.717, 1.165) is 19.3 Å². The molecule has 0 aliphatic rings. The van der Waals surface area contributed by atoms with Crippen LogP contribution in [-0.4, -0.2) is 18.6 Å². The quantitative estimate of drug-likeness (QED) is 0.369. The van der Waals surface area contributed by atoms with E-state index < -0.39 is 0 Å². The second kappa shape index (κ2) is 8.75. The van der Waals surface area contributed by atoms with Gasteiger partial charge in [0, 0.05) is 12.1 Å². The highest BCUT2D eigenvalue weighted by molar-refractivity contribution is 5.81. The number of rotatable bonds is 8. The second-order valence-electron chi connectivity index (χ2n) is 3.42. The van der Waals surface area contributed by atoms with E-state index in [9.17, 15) is 4.79 Å². The molecule has 1 unspecified atom stereocenters. The molecule has 0 saturated heterocycles. The van der Waals surface area contributed by atoms with Crippen molar-refractivity contribution >= 4 is 5.97 Å². The van der Waals surface area contributed by atoms with E-state index in [0.29, 0.717) is 6.61 Å². The lowest BCUT2D eigenvalue weighted by molar-refractivity contribution is -0.137. The van der Waals surface area contributed by atoms with Gasteiger partial charge < -0.3 is 10.5 Å². The van der Waals surface area contributed by atoms with Crippen LogP contribution < -0.4 is 5.73 Å². The van der Waals surface area contributed by atoms with Crippen molar-refractivity contribution in [1.29, 1.82) is 0 Å². The number of carbonyl (C=O) groups excluding carboxylic acids is 1. The molecule has 82 valence electrons. The van der Waals surface area contributed by atoms with Gasteiger partial charge in [0.05, 0.1) is 6.61 Å². The Labute approximate surface area is 86.3 Å². The first-order valence-corrected chi connectivity index (χ1v) is 5.25. The highest BCUT2D eigenvalue weighted by Crippen LogP contribution is 2.04. The number of hydrogen-bond donors (Lipinski definition) is 1. The van der Waals surface area contributed by atoms with Crippen molar-refractivity contribution in [2.24, 2.45) is 5.73 Å². The topological polar surface area (TPSA) is 52.3 Å². The molecular weight excluding hydrogens is 178 g/mol. The SMILES string of the molecule is C=CC(=O)OCCCC(N)CCCC. The molecule has 0 bridgehead atoms. The van der Waals surface area contributed by atoms with Crippen LogP contribution in [0.5, 0.6) is 0 Å². The molecule has 0 aliphatic heterocycles. The molecule has 3 heteroatoms. The maximum absolute atomic E-state index is 10.7. The molecule has 0 spiro atoms. The largest absolute Gasteiger partial charge is 0.463 e. The van der Waals surface area contributed by atoms with Crippen molar-refractivity contribution < 1.29 is 9.53 Å². The first kappa shape index (κ1) is 13.2. The van der Waals surface area contributed by atoms with Crippen molar-refractivity contribution in [1.82, 2.24) is 0 Å². The number of hydrogen-bond acceptors (Lipinski definition) is 3. The number of carbonyl (C=O) groups is 1. The Balaban J connectivity index is 3.26. The molecular formula is C11H21NO2. The third kappa shape index (κ3) is 7.80. The van der Waals surface area contributed by atoms with Gasteiger partial charge in [0.15, 0.2) is 0 Å². The molecule has 0 aromatic rings. The van der Waals surface area contributed by atoms with E-state index in [2.05, 4.69) is 13.5 Å². The van der Waals surface area contributed by atoms with Crippen LogP contribution in [-0.2, 0) is 9.53 Å². The lowest BCUT2D eigenvalue weighted by atomic mass is 10.1. The zero-order valence-corrected chi connectivity index (χ0v) is 9.00. The smallest absolute Gasteiger partial charge is 0.330 e. The minimum Gasteiger partial charge on any atom is -0.463 e. The molecule has 0 rings (SSSR count). The number of unbranched alkanes of at least 4 members (excludes halogenated alkanes) is 1. The van der Waals surface area contributed by atoms with Crippen LogP contribution in [0, 0.1) is 0 Å². The predicted molar refractivity (Wildman–Crippen MR) is 57.9 cm³/mol. The van der Waals surface area contributed by atoms with E-state index in [-0.39, 0.29) is 12.0 Å². The van der Waals surface area contributed by atoms with Crippen LogP contribution in [0.2, 0.25) is 0 Å². The average Bonchev–Trinajstić information content (AvgIpc) is 2.21. The monoisotopic (exact) mass is 199 g/mol. The Kier molecular flexibility index (Phi) is 8.24. The zero-order valence-electron chi connectivity index (χ0n) is 9.00. The van der Waals surface area contributed by atoms with Gasteiger partial charge in [-0.3, -0.25) is 0 Å². The maximum Gasteiger partial charge on any atom is 0.330 e. The summed E-state index contributed by atoms with van der Waals surface area (Å²) in [5, 5.41) is 0. The third-order valence-electron chi connectivity index (χ3n) is 2.06.